The number of nitrogens with zero attached hydrogens (tertiary/aromatic N) is 2. The van der Waals surface area contributed by atoms with E-state index >= 15 is 0 Å². The second-order valence-corrected chi connectivity index (χ2v) is 4.67. The molecule has 0 unspecified atom stereocenters. The van der Waals surface area contributed by atoms with E-state index in [0.29, 0.717) is 25.4 Å². The van der Waals surface area contributed by atoms with E-state index < -0.39 is 0 Å². The molecule has 0 aromatic heterocycles. The lowest BCUT2D eigenvalue weighted by molar-refractivity contribution is -0.134. The minimum Gasteiger partial charge on any atom is -0.409 e. The molecule has 0 spiro atoms. The summed E-state index contributed by atoms with van der Waals surface area (Å²) in [6, 6.07) is 0. The fourth-order valence-electron chi connectivity index (χ4n) is 1.40. The number of nitrogens with two attached hydrogens (primary N) is 1. The van der Waals surface area contributed by atoms with Crippen molar-refractivity contribution in [3.63, 3.8) is 0 Å². The molecule has 0 fully saturated rings. The molecule has 0 saturated carbocycles. The van der Waals surface area contributed by atoms with E-state index in [0.717, 1.165) is 0 Å². The lowest BCUT2D eigenvalue weighted by Gasteiger charge is -2.26. The second kappa shape index (κ2) is 7.09. The molecule has 0 aromatic carbocycles. The van der Waals surface area contributed by atoms with Gasteiger partial charge in [0.2, 0.25) is 5.91 Å². The first-order valence-electron chi connectivity index (χ1n) is 5.63. The van der Waals surface area contributed by atoms with Gasteiger partial charge in [-0.15, -0.1) is 0 Å². The summed E-state index contributed by atoms with van der Waals surface area (Å²) >= 11 is 0. The number of amides is 1. The molecule has 0 radical (unpaired) electrons. The standard InChI is InChI=1S/C11H23N3O2/c1-8(2)7-14(11(15)9(3)4)6-5-10(12)13-16/h8-9,16H,5-7H2,1-4H3,(H2,12,13). The van der Waals surface area contributed by atoms with Crippen LogP contribution in [0, 0.1) is 11.8 Å². The Balaban J connectivity index is 4.37. The second-order valence-electron chi connectivity index (χ2n) is 4.67. The lowest BCUT2D eigenvalue weighted by Crippen LogP contribution is -2.39. The van der Waals surface area contributed by atoms with Gasteiger partial charge < -0.3 is 15.8 Å². The van der Waals surface area contributed by atoms with E-state index in [4.69, 9.17) is 10.9 Å². The average molecular weight is 229 g/mol. The number of carbonyl (C=O) groups is 1. The highest BCUT2D eigenvalue weighted by molar-refractivity contribution is 5.81. The predicted molar refractivity (Wildman–Crippen MR) is 64.3 cm³/mol. The number of hydrogen-bond acceptors (Lipinski definition) is 3. The van der Waals surface area contributed by atoms with E-state index in [-0.39, 0.29) is 17.7 Å². The smallest absolute Gasteiger partial charge is 0.225 e. The summed E-state index contributed by atoms with van der Waals surface area (Å²) in [5.41, 5.74) is 5.39. The highest BCUT2D eigenvalue weighted by Crippen LogP contribution is 2.06. The Kier molecular flexibility index (Phi) is 6.53. The molecule has 3 N–H and O–H groups in total. The van der Waals surface area contributed by atoms with Crippen LogP contribution in [0.3, 0.4) is 0 Å². The third-order valence-electron chi connectivity index (χ3n) is 2.16. The Morgan fingerprint density at radius 3 is 2.31 bits per heavy atom. The maximum atomic E-state index is 11.9. The van der Waals surface area contributed by atoms with Crippen molar-refractivity contribution in [1.29, 1.82) is 0 Å². The summed E-state index contributed by atoms with van der Waals surface area (Å²) in [4.78, 5) is 13.6. The Labute approximate surface area is 97.3 Å². The maximum absolute atomic E-state index is 11.9. The molecule has 0 rings (SSSR count). The minimum absolute atomic E-state index is 0.0222. The van der Waals surface area contributed by atoms with Crippen LogP contribution in [0.1, 0.15) is 34.1 Å². The zero-order valence-corrected chi connectivity index (χ0v) is 10.6. The van der Waals surface area contributed by atoms with Crippen LogP contribution in [-0.2, 0) is 4.79 Å². The molecule has 0 aliphatic carbocycles. The van der Waals surface area contributed by atoms with Crippen LogP contribution in [-0.4, -0.2) is 34.9 Å². The highest BCUT2D eigenvalue weighted by atomic mass is 16.4. The third-order valence-corrected chi connectivity index (χ3v) is 2.16. The summed E-state index contributed by atoms with van der Waals surface area (Å²) in [5.74, 6) is 0.658. The van der Waals surface area contributed by atoms with Crippen molar-refractivity contribution < 1.29 is 10.0 Å². The number of rotatable bonds is 6. The Morgan fingerprint density at radius 2 is 1.94 bits per heavy atom. The van der Waals surface area contributed by atoms with E-state index in [1.807, 2.05) is 13.8 Å². The van der Waals surface area contributed by atoms with Crippen molar-refractivity contribution in [3.05, 3.63) is 0 Å². The lowest BCUT2D eigenvalue weighted by atomic mass is 10.1. The molecule has 0 aromatic rings. The van der Waals surface area contributed by atoms with Gasteiger partial charge in [0.05, 0.1) is 0 Å². The van der Waals surface area contributed by atoms with Gasteiger partial charge in [-0.05, 0) is 5.92 Å². The average Bonchev–Trinajstić information content (AvgIpc) is 2.21. The third kappa shape index (κ3) is 5.58. The van der Waals surface area contributed by atoms with E-state index in [1.54, 1.807) is 4.90 Å². The molecule has 0 bridgehead atoms. The van der Waals surface area contributed by atoms with Gasteiger partial charge in [0.15, 0.2) is 0 Å². The number of amidine groups is 1. The van der Waals surface area contributed by atoms with Crippen LogP contribution >= 0.6 is 0 Å². The van der Waals surface area contributed by atoms with Crippen molar-refractivity contribution in [1.82, 2.24) is 4.90 Å². The molecular weight excluding hydrogens is 206 g/mol. The molecule has 16 heavy (non-hydrogen) atoms. The van der Waals surface area contributed by atoms with Crippen molar-refractivity contribution in [2.24, 2.45) is 22.7 Å². The first-order chi connectivity index (χ1) is 7.38. The van der Waals surface area contributed by atoms with Crippen LogP contribution in [0.4, 0.5) is 0 Å². The van der Waals surface area contributed by atoms with Gasteiger partial charge in [0.25, 0.3) is 0 Å². The van der Waals surface area contributed by atoms with E-state index in [9.17, 15) is 4.79 Å². The zero-order valence-electron chi connectivity index (χ0n) is 10.6. The Bertz CT molecular complexity index is 250. The van der Waals surface area contributed by atoms with Crippen LogP contribution in [0.5, 0.6) is 0 Å². The molecule has 0 heterocycles. The van der Waals surface area contributed by atoms with Crippen LogP contribution in [0.25, 0.3) is 0 Å². The number of oxime groups is 1. The molecular formula is C11H23N3O2. The summed E-state index contributed by atoms with van der Waals surface area (Å²) in [5, 5.41) is 11.3. The monoisotopic (exact) mass is 229 g/mol. The first-order valence-corrected chi connectivity index (χ1v) is 5.63. The summed E-state index contributed by atoms with van der Waals surface area (Å²) in [6.45, 7) is 9.08. The first kappa shape index (κ1) is 14.7. The fraction of sp³-hybridized carbons (Fsp3) is 0.818. The Morgan fingerprint density at radius 1 is 1.38 bits per heavy atom. The van der Waals surface area contributed by atoms with Crippen LogP contribution in [0.2, 0.25) is 0 Å². The molecule has 1 amide bonds. The van der Waals surface area contributed by atoms with E-state index in [1.165, 1.54) is 0 Å². The van der Waals surface area contributed by atoms with Gasteiger partial charge in [0, 0.05) is 25.4 Å². The summed E-state index contributed by atoms with van der Waals surface area (Å²) in [6.07, 6.45) is 0.404. The van der Waals surface area contributed by atoms with Gasteiger partial charge in [-0.3, -0.25) is 4.79 Å². The topological polar surface area (TPSA) is 78.9 Å². The minimum atomic E-state index is -0.0222. The zero-order chi connectivity index (χ0) is 12.7. The highest BCUT2D eigenvalue weighted by Gasteiger charge is 2.17. The Hall–Kier alpha value is -1.26. The molecule has 0 atom stereocenters. The van der Waals surface area contributed by atoms with Gasteiger partial charge in [0.1, 0.15) is 5.84 Å². The van der Waals surface area contributed by atoms with Crippen molar-refractivity contribution in [2.75, 3.05) is 13.1 Å². The van der Waals surface area contributed by atoms with Gasteiger partial charge in [-0.1, -0.05) is 32.9 Å². The number of hydrogen-bond donors (Lipinski definition) is 2. The largest absolute Gasteiger partial charge is 0.409 e. The molecule has 5 nitrogen and oxygen atoms in total. The van der Waals surface area contributed by atoms with Crippen LogP contribution < -0.4 is 5.73 Å². The van der Waals surface area contributed by atoms with Crippen molar-refractivity contribution in [3.8, 4) is 0 Å². The summed E-state index contributed by atoms with van der Waals surface area (Å²) < 4.78 is 0. The van der Waals surface area contributed by atoms with Gasteiger partial charge >= 0.3 is 0 Å². The number of carbonyl (C=O) groups excluding carboxylic acids is 1. The van der Waals surface area contributed by atoms with E-state index in [2.05, 4.69) is 19.0 Å². The fourth-order valence-corrected chi connectivity index (χ4v) is 1.40. The molecule has 5 heteroatoms. The van der Waals surface area contributed by atoms with Crippen molar-refractivity contribution >= 4 is 11.7 Å². The SMILES string of the molecule is CC(C)CN(CCC(N)=NO)C(=O)C(C)C. The summed E-state index contributed by atoms with van der Waals surface area (Å²) in [7, 11) is 0. The van der Waals surface area contributed by atoms with Gasteiger partial charge in [-0.2, -0.15) is 0 Å². The quantitative estimate of drug-likeness (QED) is 0.311. The molecule has 0 aliphatic rings. The van der Waals surface area contributed by atoms with Gasteiger partial charge in [-0.25, -0.2) is 0 Å². The van der Waals surface area contributed by atoms with Crippen molar-refractivity contribution in [2.45, 2.75) is 34.1 Å². The normalized spacial score (nSPS) is 12.2. The van der Waals surface area contributed by atoms with Crippen LogP contribution in [0.15, 0.2) is 5.16 Å². The maximum Gasteiger partial charge on any atom is 0.225 e. The molecule has 94 valence electrons. The molecule has 0 aliphatic heterocycles. The molecule has 0 saturated heterocycles. The predicted octanol–water partition coefficient (Wildman–Crippen LogP) is 1.26.